The molecule has 8 heteroatoms. The van der Waals surface area contributed by atoms with Crippen molar-refractivity contribution in [2.45, 2.75) is 6.61 Å². The number of aromatic nitrogens is 4. The first-order valence-electron chi connectivity index (χ1n) is 8.04. The molecule has 0 bridgehead atoms. The number of nitrogens with zero attached hydrogens (tertiary/aromatic N) is 4. The molecule has 2 aromatic heterocycles. The Labute approximate surface area is 152 Å². The molecule has 0 spiro atoms. The summed E-state index contributed by atoms with van der Waals surface area (Å²) in [6, 6.07) is 13.8. The molecule has 1 N–H and O–H groups in total. The molecule has 0 amide bonds. The van der Waals surface area contributed by atoms with Crippen LogP contribution in [0, 0.1) is 0 Å². The van der Waals surface area contributed by atoms with Crippen LogP contribution in [0.25, 0.3) is 22.4 Å². The molecule has 27 heavy (non-hydrogen) atoms. The van der Waals surface area contributed by atoms with Crippen molar-refractivity contribution in [2.75, 3.05) is 5.32 Å². The van der Waals surface area contributed by atoms with Gasteiger partial charge in [-0.1, -0.05) is 18.2 Å². The number of rotatable bonds is 5. The first-order valence-corrected chi connectivity index (χ1v) is 8.04. The molecule has 6 nitrogen and oxygen atoms in total. The Morgan fingerprint density at radius 2 is 1.85 bits per heavy atom. The zero-order valence-electron chi connectivity index (χ0n) is 13.9. The summed E-state index contributed by atoms with van der Waals surface area (Å²) >= 11 is 0. The van der Waals surface area contributed by atoms with Crippen LogP contribution < -0.4 is 10.1 Å². The molecular formula is C19H13F2N5O. The average molecular weight is 365 g/mol. The highest BCUT2D eigenvalue weighted by molar-refractivity contribution is 5.92. The van der Waals surface area contributed by atoms with E-state index >= 15 is 0 Å². The number of halogens is 2. The normalized spacial score (nSPS) is 10.9. The standard InChI is InChI=1S/C19H13F2N5O/c20-19(21)27-13-5-3-4-12(10-13)24-17-14-6-1-2-7-15(14)25-18(26-17)16-11-22-8-9-23-16/h1-11,19H,(H,24,25,26). The van der Waals surface area contributed by atoms with E-state index in [0.29, 0.717) is 23.0 Å². The van der Waals surface area contributed by atoms with Crippen LogP contribution in [0.1, 0.15) is 0 Å². The first-order chi connectivity index (χ1) is 13.2. The number of hydrogen-bond donors (Lipinski definition) is 1. The van der Waals surface area contributed by atoms with Gasteiger partial charge in [0.1, 0.15) is 17.3 Å². The zero-order chi connectivity index (χ0) is 18.6. The lowest BCUT2D eigenvalue weighted by Crippen LogP contribution is -2.03. The van der Waals surface area contributed by atoms with Crippen molar-refractivity contribution in [3.05, 3.63) is 67.1 Å². The number of anilines is 2. The van der Waals surface area contributed by atoms with Crippen LogP contribution in [0.3, 0.4) is 0 Å². The Hall–Kier alpha value is -3.68. The molecule has 0 radical (unpaired) electrons. The highest BCUT2D eigenvalue weighted by atomic mass is 19.3. The Morgan fingerprint density at radius 3 is 2.67 bits per heavy atom. The van der Waals surface area contributed by atoms with E-state index in [-0.39, 0.29) is 5.75 Å². The average Bonchev–Trinajstić information content (AvgIpc) is 2.68. The summed E-state index contributed by atoms with van der Waals surface area (Å²) in [4.78, 5) is 17.3. The lowest BCUT2D eigenvalue weighted by molar-refractivity contribution is -0.0497. The molecule has 2 aromatic carbocycles. The van der Waals surface area contributed by atoms with E-state index in [2.05, 4.69) is 30.0 Å². The van der Waals surface area contributed by atoms with E-state index in [4.69, 9.17) is 0 Å². The monoisotopic (exact) mass is 365 g/mol. The summed E-state index contributed by atoms with van der Waals surface area (Å²) in [5.41, 5.74) is 1.80. The van der Waals surface area contributed by atoms with Gasteiger partial charge < -0.3 is 10.1 Å². The fourth-order valence-electron chi connectivity index (χ4n) is 2.59. The van der Waals surface area contributed by atoms with Crippen molar-refractivity contribution in [3.63, 3.8) is 0 Å². The second-order valence-electron chi connectivity index (χ2n) is 5.53. The highest BCUT2D eigenvalue weighted by Crippen LogP contribution is 2.28. The van der Waals surface area contributed by atoms with Crippen molar-refractivity contribution >= 4 is 22.4 Å². The van der Waals surface area contributed by atoms with Gasteiger partial charge in [0.15, 0.2) is 5.82 Å². The molecule has 2 heterocycles. The molecule has 0 fully saturated rings. The maximum atomic E-state index is 12.5. The van der Waals surface area contributed by atoms with Gasteiger partial charge in [-0.3, -0.25) is 4.98 Å². The van der Waals surface area contributed by atoms with Gasteiger partial charge in [-0.15, -0.1) is 0 Å². The number of nitrogens with one attached hydrogen (secondary N) is 1. The van der Waals surface area contributed by atoms with E-state index < -0.39 is 6.61 Å². The number of para-hydroxylation sites is 1. The van der Waals surface area contributed by atoms with E-state index in [9.17, 15) is 8.78 Å². The predicted molar refractivity (Wildman–Crippen MR) is 96.9 cm³/mol. The molecular weight excluding hydrogens is 352 g/mol. The van der Waals surface area contributed by atoms with Gasteiger partial charge in [-0.2, -0.15) is 8.78 Å². The van der Waals surface area contributed by atoms with Gasteiger partial charge in [-0.25, -0.2) is 15.0 Å². The number of fused-ring (bicyclic) bond motifs is 1. The summed E-state index contributed by atoms with van der Waals surface area (Å²) < 4.78 is 29.4. The summed E-state index contributed by atoms with van der Waals surface area (Å²) in [5.74, 6) is 0.988. The van der Waals surface area contributed by atoms with E-state index in [1.165, 1.54) is 12.1 Å². The molecule has 4 aromatic rings. The Kier molecular flexibility index (Phi) is 4.52. The van der Waals surface area contributed by atoms with Gasteiger partial charge in [0.05, 0.1) is 11.7 Å². The van der Waals surface area contributed by atoms with Crippen LogP contribution in [-0.2, 0) is 0 Å². The molecule has 4 rings (SSSR count). The Balaban J connectivity index is 1.77. The molecule has 0 unspecified atom stereocenters. The molecule has 0 aliphatic heterocycles. The number of ether oxygens (including phenoxy) is 1. The zero-order valence-corrected chi connectivity index (χ0v) is 13.9. The van der Waals surface area contributed by atoms with Gasteiger partial charge in [0, 0.05) is 29.5 Å². The lowest BCUT2D eigenvalue weighted by atomic mass is 10.2. The number of hydrogen-bond acceptors (Lipinski definition) is 6. The van der Waals surface area contributed by atoms with Crippen LogP contribution in [0.15, 0.2) is 67.1 Å². The van der Waals surface area contributed by atoms with Crippen LogP contribution in [0.5, 0.6) is 5.75 Å². The third kappa shape index (κ3) is 3.79. The molecule has 0 saturated heterocycles. The molecule has 134 valence electrons. The van der Waals surface area contributed by atoms with Crippen LogP contribution in [0.2, 0.25) is 0 Å². The molecule has 0 aliphatic carbocycles. The summed E-state index contributed by atoms with van der Waals surface area (Å²) in [5, 5.41) is 3.93. The third-order valence-electron chi connectivity index (χ3n) is 3.72. The number of alkyl halides is 2. The van der Waals surface area contributed by atoms with Gasteiger partial charge in [0.2, 0.25) is 0 Å². The van der Waals surface area contributed by atoms with Crippen molar-refractivity contribution < 1.29 is 13.5 Å². The Morgan fingerprint density at radius 1 is 0.963 bits per heavy atom. The lowest BCUT2D eigenvalue weighted by Gasteiger charge is -2.12. The maximum Gasteiger partial charge on any atom is 0.387 e. The fourth-order valence-corrected chi connectivity index (χ4v) is 2.59. The van der Waals surface area contributed by atoms with Gasteiger partial charge in [0.25, 0.3) is 0 Å². The van der Waals surface area contributed by atoms with Crippen molar-refractivity contribution in [1.82, 2.24) is 19.9 Å². The molecule has 0 aliphatic rings. The largest absolute Gasteiger partial charge is 0.435 e. The van der Waals surface area contributed by atoms with E-state index in [1.807, 2.05) is 24.3 Å². The Bertz CT molecular complexity index is 1080. The van der Waals surface area contributed by atoms with E-state index in [0.717, 1.165) is 10.9 Å². The van der Waals surface area contributed by atoms with Crippen molar-refractivity contribution in [1.29, 1.82) is 0 Å². The second kappa shape index (κ2) is 7.28. The quantitative estimate of drug-likeness (QED) is 0.564. The summed E-state index contributed by atoms with van der Waals surface area (Å²) in [7, 11) is 0. The minimum atomic E-state index is -2.89. The third-order valence-corrected chi connectivity index (χ3v) is 3.72. The van der Waals surface area contributed by atoms with Crippen molar-refractivity contribution in [2.24, 2.45) is 0 Å². The predicted octanol–water partition coefficient (Wildman–Crippen LogP) is 4.43. The van der Waals surface area contributed by atoms with Crippen molar-refractivity contribution in [3.8, 4) is 17.3 Å². The minimum absolute atomic E-state index is 0.0579. The fraction of sp³-hybridized carbons (Fsp3) is 0.0526. The van der Waals surface area contributed by atoms with Gasteiger partial charge in [-0.05, 0) is 24.3 Å². The summed E-state index contributed by atoms with van der Waals surface area (Å²) in [6.45, 7) is -2.89. The SMILES string of the molecule is FC(F)Oc1cccc(Nc2nc(-c3cnccn3)nc3ccccc23)c1. The number of benzene rings is 2. The first kappa shape index (κ1) is 16.8. The smallest absolute Gasteiger partial charge is 0.387 e. The highest BCUT2D eigenvalue weighted by Gasteiger charge is 2.11. The van der Waals surface area contributed by atoms with Crippen LogP contribution in [0.4, 0.5) is 20.3 Å². The molecule has 0 saturated carbocycles. The second-order valence-corrected chi connectivity index (χ2v) is 5.53. The van der Waals surface area contributed by atoms with Crippen LogP contribution >= 0.6 is 0 Å². The summed E-state index contributed by atoms with van der Waals surface area (Å²) in [6.07, 6.45) is 4.70. The minimum Gasteiger partial charge on any atom is -0.435 e. The van der Waals surface area contributed by atoms with Gasteiger partial charge >= 0.3 is 6.61 Å². The molecule has 0 atom stereocenters. The topological polar surface area (TPSA) is 72.8 Å². The maximum absolute atomic E-state index is 12.5. The van der Waals surface area contributed by atoms with Crippen LogP contribution in [-0.4, -0.2) is 26.5 Å². The van der Waals surface area contributed by atoms with E-state index in [1.54, 1.807) is 30.7 Å².